The minimum atomic E-state index is -4.00. The van der Waals surface area contributed by atoms with Crippen LogP contribution in [0.15, 0.2) is 0 Å². The molecule has 0 aromatic heterocycles. The number of rotatable bonds is 1. The molecule has 0 atom stereocenters. The lowest BCUT2D eigenvalue weighted by Crippen LogP contribution is -2.27. The van der Waals surface area contributed by atoms with Crippen LogP contribution in [0.25, 0.3) is 0 Å². The summed E-state index contributed by atoms with van der Waals surface area (Å²) >= 11 is 0. The first kappa shape index (κ1) is 10.4. The van der Waals surface area contributed by atoms with Crippen molar-refractivity contribution in [3.05, 3.63) is 0 Å². The van der Waals surface area contributed by atoms with Gasteiger partial charge in [0.2, 0.25) is 0 Å². The highest BCUT2D eigenvalue weighted by Gasteiger charge is 2.41. The zero-order valence-corrected chi connectivity index (χ0v) is 7.40. The van der Waals surface area contributed by atoms with Gasteiger partial charge in [-0.1, -0.05) is 0 Å². The van der Waals surface area contributed by atoms with Gasteiger partial charge in [0.05, 0.1) is 5.92 Å². The minimum absolute atomic E-state index is 0.260. The second kappa shape index (κ2) is 4.04. The molecule has 1 aliphatic carbocycles. The Kier molecular flexibility index (Phi) is 3.24. The number of terminal acetylenes is 1. The summed E-state index contributed by atoms with van der Waals surface area (Å²) < 4.78 is 36.6. The van der Waals surface area contributed by atoms with Crippen molar-refractivity contribution in [3.8, 4) is 12.3 Å². The van der Waals surface area contributed by atoms with Crippen molar-refractivity contribution in [2.24, 2.45) is 11.8 Å². The van der Waals surface area contributed by atoms with Gasteiger partial charge in [0.1, 0.15) is 0 Å². The van der Waals surface area contributed by atoms with E-state index >= 15 is 0 Å². The quantitative estimate of drug-likeness (QED) is 0.556. The summed E-state index contributed by atoms with van der Waals surface area (Å²) in [6.07, 6.45) is 3.52. The van der Waals surface area contributed by atoms with E-state index in [9.17, 15) is 13.2 Å². The smallest absolute Gasteiger partial charge is 0.171 e. The molecule has 3 heteroatoms. The van der Waals surface area contributed by atoms with E-state index in [1.54, 1.807) is 0 Å². The van der Waals surface area contributed by atoms with Crippen molar-refractivity contribution in [3.63, 3.8) is 0 Å². The van der Waals surface area contributed by atoms with Crippen LogP contribution in [-0.2, 0) is 0 Å². The lowest BCUT2D eigenvalue weighted by molar-refractivity contribution is -0.183. The van der Waals surface area contributed by atoms with E-state index in [0.29, 0.717) is 25.2 Å². The predicted octanol–water partition coefficient (Wildman–Crippen LogP) is 3.38. The lowest BCUT2D eigenvalue weighted by atomic mass is 9.80. The Bertz CT molecular complexity index is 191. The molecule has 1 aliphatic rings. The number of alkyl halides is 3. The summed E-state index contributed by atoms with van der Waals surface area (Å²) in [5.41, 5.74) is 0. The van der Waals surface area contributed by atoms with Crippen molar-refractivity contribution >= 4 is 0 Å². The van der Waals surface area contributed by atoms with Gasteiger partial charge in [-0.2, -0.15) is 13.2 Å². The molecule has 13 heavy (non-hydrogen) atoms. The maximum atomic E-state index is 12.2. The molecule has 0 aromatic rings. The highest BCUT2D eigenvalue weighted by atomic mass is 19.4. The van der Waals surface area contributed by atoms with Crippen LogP contribution in [0.5, 0.6) is 0 Å². The molecule has 0 bridgehead atoms. The summed E-state index contributed by atoms with van der Waals surface area (Å²) in [5.74, 6) is 1.75. The van der Waals surface area contributed by atoms with E-state index in [-0.39, 0.29) is 12.8 Å². The molecule has 0 amide bonds. The Balaban J connectivity index is 2.36. The van der Waals surface area contributed by atoms with Crippen LogP contribution in [0.1, 0.15) is 32.1 Å². The standard InChI is InChI=1S/C10H13F3/c1-2-3-8-4-6-9(7-5-8)10(11,12)13/h1,8-9H,3-7H2. The summed E-state index contributed by atoms with van der Waals surface area (Å²) in [6, 6.07) is 0. The maximum Gasteiger partial charge on any atom is 0.391 e. The number of hydrogen-bond donors (Lipinski definition) is 0. The first-order valence-electron chi connectivity index (χ1n) is 4.54. The third-order valence-electron chi connectivity index (χ3n) is 2.72. The lowest BCUT2D eigenvalue weighted by Gasteiger charge is -2.28. The van der Waals surface area contributed by atoms with E-state index in [1.807, 2.05) is 0 Å². The van der Waals surface area contributed by atoms with Gasteiger partial charge >= 0.3 is 6.18 Å². The van der Waals surface area contributed by atoms with E-state index < -0.39 is 12.1 Å². The highest BCUT2D eigenvalue weighted by Crippen LogP contribution is 2.40. The third kappa shape index (κ3) is 2.95. The molecular weight excluding hydrogens is 177 g/mol. The topological polar surface area (TPSA) is 0 Å². The molecule has 0 N–H and O–H groups in total. The average molecular weight is 190 g/mol. The fourth-order valence-corrected chi connectivity index (χ4v) is 1.86. The molecule has 1 fully saturated rings. The van der Waals surface area contributed by atoms with Gasteiger partial charge in [0, 0.05) is 6.42 Å². The predicted molar refractivity (Wildman–Crippen MR) is 45.0 cm³/mol. The Hall–Kier alpha value is -0.650. The summed E-state index contributed by atoms with van der Waals surface area (Å²) in [4.78, 5) is 0. The molecule has 0 nitrogen and oxygen atoms in total. The Morgan fingerprint density at radius 1 is 1.15 bits per heavy atom. The zero-order chi connectivity index (χ0) is 9.90. The molecule has 0 spiro atoms. The molecule has 0 unspecified atom stereocenters. The minimum Gasteiger partial charge on any atom is -0.171 e. The van der Waals surface area contributed by atoms with E-state index in [0.717, 1.165) is 0 Å². The van der Waals surface area contributed by atoms with Crippen molar-refractivity contribution in [1.82, 2.24) is 0 Å². The monoisotopic (exact) mass is 190 g/mol. The second-order valence-electron chi connectivity index (χ2n) is 3.67. The molecule has 1 rings (SSSR count). The summed E-state index contributed by atoms with van der Waals surface area (Å²) in [5, 5.41) is 0. The first-order valence-corrected chi connectivity index (χ1v) is 4.54. The van der Waals surface area contributed by atoms with Gasteiger partial charge in [-0.05, 0) is 31.6 Å². The Labute approximate surface area is 76.5 Å². The summed E-state index contributed by atoms with van der Waals surface area (Å²) in [6.45, 7) is 0. The van der Waals surface area contributed by atoms with Crippen LogP contribution in [-0.4, -0.2) is 6.18 Å². The normalized spacial score (nSPS) is 29.7. The molecule has 0 aliphatic heterocycles. The van der Waals surface area contributed by atoms with E-state index in [1.165, 1.54) is 0 Å². The second-order valence-corrected chi connectivity index (χ2v) is 3.67. The fourth-order valence-electron chi connectivity index (χ4n) is 1.86. The fraction of sp³-hybridized carbons (Fsp3) is 0.800. The summed E-state index contributed by atoms with van der Waals surface area (Å²) in [7, 11) is 0. The molecular formula is C10H13F3. The Morgan fingerprint density at radius 2 is 1.69 bits per heavy atom. The van der Waals surface area contributed by atoms with Gasteiger partial charge in [0.25, 0.3) is 0 Å². The SMILES string of the molecule is C#CCC1CCC(C(F)(F)F)CC1. The van der Waals surface area contributed by atoms with Crippen LogP contribution in [0, 0.1) is 24.2 Å². The number of hydrogen-bond acceptors (Lipinski definition) is 0. The maximum absolute atomic E-state index is 12.2. The van der Waals surface area contributed by atoms with Crippen LogP contribution < -0.4 is 0 Å². The van der Waals surface area contributed by atoms with Crippen molar-refractivity contribution < 1.29 is 13.2 Å². The highest BCUT2D eigenvalue weighted by molar-refractivity contribution is 4.89. The Morgan fingerprint density at radius 3 is 2.08 bits per heavy atom. The average Bonchev–Trinajstić information content (AvgIpc) is 2.04. The zero-order valence-electron chi connectivity index (χ0n) is 7.40. The largest absolute Gasteiger partial charge is 0.391 e. The van der Waals surface area contributed by atoms with Crippen LogP contribution in [0.2, 0.25) is 0 Å². The van der Waals surface area contributed by atoms with Gasteiger partial charge in [0.15, 0.2) is 0 Å². The molecule has 1 saturated carbocycles. The van der Waals surface area contributed by atoms with E-state index in [4.69, 9.17) is 6.42 Å². The van der Waals surface area contributed by atoms with E-state index in [2.05, 4.69) is 5.92 Å². The number of halogens is 3. The van der Waals surface area contributed by atoms with Crippen molar-refractivity contribution in [1.29, 1.82) is 0 Å². The van der Waals surface area contributed by atoms with Crippen molar-refractivity contribution in [2.45, 2.75) is 38.3 Å². The third-order valence-corrected chi connectivity index (χ3v) is 2.72. The van der Waals surface area contributed by atoms with Gasteiger partial charge in [-0.25, -0.2) is 0 Å². The van der Waals surface area contributed by atoms with Crippen LogP contribution in [0.4, 0.5) is 13.2 Å². The molecule has 0 radical (unpaired) electrons. The van der Waals surface area contributed by atoms with Gasteiger partial charge < -0.3 is 0 Å². The molecule has 74 valence electrons. The van der Waals surface area contributed by atoms with Gasteiger partial charge in [-0.15, -0.1) is 12.3 Å². The molecule has 0 heterocycles. The van der Waals surface area contributed by atoms with Crippen LogP contribution >= 0.6 is 0 Å². The van der Waals surface area contributed by atoms with Crippen molar-refractivity contribution in [2.75, 3.05) is 0 Å². The molecule has 0 aromatic carbocycles. The van der Waals surface area contributed by atoms with Gasteiger partial charge in [-0.3, -0.25) is 0 Å². The molecule has 0 saturated heterocycles. The van der Waals surface area contributed by atoms with Crippen LogP contribution in [0.3, 0.4) is 0 Å². The first-order chi connectivity index (χ1) is 6.04.